The van der Waals surface area contributed by atoms with Crippen LogP contribution in [0.15, 0.2) is 12.5 Å². The first kappa shape index (κ1) is 12.3. The van der Waals surface area contributed by atoms with Gasteiger partial charge in [-0.3, -0.25) is 0 Å². The average molecular weight is 250 g/mol. The van der Waals surface area contributed by atoms with Gasteiger partial charge >= 0.3 is 0 Å². The molecule has 5 heteroatoms. The zero-order valence-corrected chi connectivity index (χ0v) is 11.5. The predicted octanol–water partition coefficient (Wildman–Crippen LogP) is 2.06. The summed E-state index contributed by atoms with van der Waals surface area (Å²) in [6.07, 6.45) is 4.70. The standard InChI is InChI=1S/C12H18N4S/c1-5-9-8(2)17-12(15-9)11(13-3)10-6-14-7-16(10)4/h6-7,11,13H,5H2,1-4H3. The summed E-state index contributed by atoms with van der Waals surface area (Å²) in [6.45, 7) is 4.28. The molecule has 4 nitrogen and oxygen atoms in total. The van der Waals surface area contributed by atoms with Gasteiger partial charge in [0.1, 0.15) is 11.0 Å². The van der Waals surface area contributed by atoms with Gasteiger partial charge in [-0.2, -0.15) is 0 Å². The van der Waals surface area contributed by atoms with E-state index in [1.165, 1.54) is 10.6 Å². The summed E-state index contributed by atoms with van der Waals surface area (Å²) < 4.78 is 2.03. The van der Waals surface area contributed by atoms with Crippen LogP contribution in [-0.2, 0) is 13.5 Å². The zero-order valence-electron chi connectivity index (χ0n) is 10.7. The molecular weight excluding hydrogens is 232 g/mol. The van der Waals surface area contributed by atoms with Crippen molar-refractivity contribution in [3.63, 3.8) is 0 Å². The van der Waals surface area contributed by atoms with Crippen LogP contribution < -0.4 is 5.32 Å². The van der Waals surface area contributed by atoms with E-state index >= 15 is 0 Å². The van der Waals surface area contributed by atoms with Gasteiger partial charge < -0.3 is 9.88 Å². The minimum absolute atomic E-state index is 0.131. The number of aromatic nitrogens is 3. The van der Waals surface area contributed by atoms with E-state index in [4.69, 9.17) is 4.98 Å². The second-order valence-electron chi connectivity index (χ2n) is 4.06. The Morgan fingerprint density at radius 1 is 1.53 bits per heavy atom. The lowest BCUT2D eigenvalue weighted by Crippen LogP contribution is -2.20. The number of nitrogens with one attached hydrogen (secondary N) is 1. The SMILES string of the molecule is CCc1nc(C(NC)c2cncn2C)sc1C. The van der Waals surface area contributed by atoms with E-state index < -0.39 is 0 Å². The third kappa shape index (κ3) is 2.25. The minimum atomic E-state index is 0.131. The van der Waals surface area contributed by atoms with Gasteiger partial charge in [-0.05, 0) is 20.4 Å². The molecule has 0 aromatic carbocycles. The van der Waals surface area contributed by atoms with Crippen molar-refractivity contribution in [1.29, 1.82) is 0 Å². The van der Waals surface area contributed by atoms with Gasteiger partial charge in [-0.15, -0.1) is 11.3 Å². The van der Waals surface area contributed by atoms with Crippen molar-refractivity contribution in [2.75, 3.05) is 7.05 Å². The fraction of sp³-hybridized carbons (Fsp3) is 0.500. The summed E-state index contributed by atoms with van der Waals surface area (Å²) in [4.78, 5) is 10.2. The summed E-state index contributed by atoms with van der Waals surface area (Å²) >= 11 is 1.76. The average Bonchev–Trinajstić information content (AvgIpc) is 2.88. The molecule has 0 aliphatic heterocycles. The predicted molar refractivity (Wildman–Crippen MR) is 70.3 cm³/mol. The maximum absolute atomic E-state index is 4.71. The van der Waals surface area contributed by atoms with Crippen LogP contribution in [0.1, 0.15) is 34.2 Å². The van der Waals surface area contributed by atoms with Crippen molar-refractivity contribution in [3.8, 4) is 0 Å². The highest BCUT2D eigenvalue weighted by atomic mass is 32.1. The molecule has 2 aromatic rings. The number of rotatable bonds is 4. The van der Waals surface area contributed by atoms with Crippen molar-refractivity contribution < 1.29 is 0 Å². The number of hydrogen-bond donors (Lipinski definition) is 1. The first-order valence-corrected chi connectivity index (χ1v) is 6.58. The van der Waals surface area contributed by atoms with Crippen LogP contribution in [0.4, 0.5) is 0 Å². The smallest absolute Gasteiger partial charge is 0.116 e. The van der Waals surface area contributed by atoms with Crippen LogP contribution in [0.5, 0.6) is 0 Å². The molecule has 0 saturated carbocycles. The number of aryl methyl sites for hydroxylation is 3. The lowest BCUT2D eigenvalue weighted by atomic mass is 10.2. The Labute approximate surface area is 106 Å². The van der Waals surface area contributed by atoms with Crippen molar-refractivity contribution in [2.24, 2.45) is 7.05 Å². The molecule has 0 saturated heterocycles. The molecule has 92 valence electrons. The molecule has 2 aromatic heterocycles. The van der Waals surface area contributed by atoms with Crippen molar-refractivity contribution in [3.05, 3.63) is 33.8 Å². The van der Waals surface area contributed by atoms with Crippen LogP contribution in [-0.4, -0.2) is 21.6 Å². The Bertz CT molecular complexity index is 500. The molecule has 0 aliphatic carbocycles. The van der Waals surface area contributed by atoms with Crippen LogP contribution in [0.3, 0.4) is 0 Å². The lowest BCUT2D eigenvalue weighted by molar-refractivity contribution is 0.632. The quantitative estimate of drug-likeness (QED) is 0.903. The molecule has 0 amide bonds. The summed E-state index contributed by atoms with van der Waals surface area (Å²) in [5, 5.41) is 4.43. The summed E-state index contributed by atoms with van der Waals surface area (Å²) in [6, 6.07) is 0.131. The van der Waals surface area contributed by atoms with E-state index in [0.717, 1.165) is 17.1 Å². The Morgan fingerprint density at radius 2 is 2.29 bits per heavy atom. The number of thiazole rings is 1. The van der Waals surface area contributed by atoms with Gasteiger partial charge in [0.05, 0.1) is 23.9 Å². The Balaban J connectivity index is 2.39. The molecule has 1 atom stereocenters. The van der Waals surface area contributed by atoms with E-state index in [9.17, 15) is 0 Å². The van der Waals surface area contributed by atoms with E-state index in [1.807, 2.05) is 31.2 Å². The Morgan fingerprint density at radius 3 is 2.76 bits per heavy atom. The van der Waals surface area contributed by atoms with Gasteiger partial charge in [0.2, 0.25) is 0 Å². The highest BCUT2D eigenvalue weighted by Gasteiger charge is 2.19. The van der Waals surface area contributed by atoms with Gasteiger partial charge in [0, 0.05) is 11.9 Å². The summed E-state index contributed by atoms with van der Waals surface area (Å²) in [7, 11) is 3.97. The van der Waals surface area contributed by atoms with Crippen molar-refractivity contribution in [2.45, 2.75) is 26.3 Å². The summed E-state index contributed by atoms with van der Waals surface area (Å²) in [5.41, 5.74) is 2.34. The van der Waals surface area contributed by atoms with Gasteiger partial charge in [0.25, 0.3) is 0 Å². The fourth-order valence-electron chi connectivity index (χ4n) is 1.95. The number of hydrogen-bond acceptors (Lipinski definition) is 4. The maximum Gasteiger partial charge on any atom is 0.116 e. The molecule has 17 heavy (non-hydrogen) atoms. The topological polar surface area (TPSA) is 42.7 Å². The highest BCUT2D eigenvalue weighted by Crippen LogP contribution is 2.27. The van der Waals surface area contributed by atoms with Crippen LogP contribution >= 0.6 is 11.3 Å². The molecule has 0 fully saturated rings. The highest BCUT2D eigenvalue weighted by molar-refractivity contribution is 7.11. The third-order valence-corrected chi connectivity index (χ3v) is 4.01. The fourth-order valence-corrected chi connectivity index (χ4v) is 3.08. The molecule has 0 aliphatic rings. The maximum atomic E-state index is 4.71. The van der Waals surface area contributed by atoms with Gasteiger partial charge in [-0.1, -0.05) is 6.92 Å². The molecule has 1 N–H and O–H groups in total. The third-order valence-electron chi connectivity index (χ3n) is 2.93. The van der Waals surface area contributed by atoms with Crippen LogP contribution in [0.2, 0.25) is 0 Å². The van der Waals surface area contributed by atoms with Gasteiger partial charge in [0.15, 0.2) is 0 Å². The number of imidazole rings is 1. The lowest BCUT2D eigenvalue weighted by Gasteiger charge is -2.13. The molecule has 2 rings (SSSR count). The van der Waals surface area contributed by atoms with E-state index in [1.54, 1.807) is 11.3 Å². The number of nitrogens with zero attached hydrogens (tertiary/aromatic N) is 3. The molecule has 0 radical (unpaired) electrons. The zero-order chi connectivity index (χ0) is 12.4. The minimum Gasteiger partial charge on any atom is -0.336 e. The second-order valence-corrected chi connectivity index (χ2v) is 5.29. The monoisotopic (exact) mass is 250 g/mol. The normalized spacial score (nSPS) is 12.9. The van der Waals surface area contributed by atoms with Gasteiger partial charge in [-0.25, -0.2) is 9.97 Å². The largest absolute Gasteiger partial charge is 0.336 e. The molecule has 1 unspecified atom stereocenters. The second kappa shape index (κ2) is 4.98. The first-order valence-electron chi connectivity index (χ1n) is 5.77. The summed E-state index contributed by atoms with van der Waals surface area (Å²) in [5.74, 6) is 0. The molecule has 0 spiro atoms. The Kier molecular flexibility index (Phi) is 3.59. The van der Waals surface area contributed by atoms with Crippen LogP contribution in [0, 0.1) is 6.92 Å². The van der Waals surface area contributed by atoms with Crippen molar-refractivity contribution >= 4 is 11.3 Å². The molecule has 2 heterocycles. The van der Waals surface area contributed by atoms with Crippen molar-refractivity contribution in [1.82, 2.24) is 19.9 Å². The van der Waals surface area contributed by atoms with E-state index in [0.29, 0.717) is 0 Å². The Hall–Kier alpha value is -1.20. The van der Waals surface area contributed by atoms with E-state index in [-0.39, 0.29) is 6.04 Å². The molecular formula is C12H18N4S. The van der Waals surface area contributed by atoms with Crippen LogP contribution in [0.25, 0.3) is 0 Å². The first-order chi connectivity index (χ1) is 8.17. The molecule has 0 bridgehead atoms. The van der Waals surface area contributed by atoms with E-state index in [2.05, 4.69) is 24.1 Å².